The molecule has 0 amide bonds. The van der Waals surface area contributed by atoms with Gasteiger partial charge in [0.15, 0.2) is 0 Å². The highest BCUT2D eigenvalue weighted by atomic mass is 14.9. The summed E-state index contributed by atoms with van der Waals surface area (Å²) in [6.45, 7) is 3.11. The molecule has 0 radical (unpaired) electrons. The Morgan fingerprint density at radius 3 is 3.33 bits per heavy atom. The summed E-state index contributed by atoms with van der Waals surface area (Å²) in [4.78, 5) is 4.10. The molecule has 0 fully saturated rings. The first-order chi connectivity index (χ1) is 5.86. The predicted octanol–water partition coefficient (Wildman–Crippen LogP) is 1.59. The average Bonchev–Trinajstić information content (AvgIpc) is 2.25. The Hall–Kier alpha value is -1.31. The fourth-order valence-electron chi connectivity index (χ4n) is 1.47. The van der Waals surface area contributed by atoms with Crippen LogP contribution in [-0.2, 0) is 6.42 Å². The summed E-state index contributed by atoms with van der Waals surface area (Å²) in [7, 11) is 0. The molecule has 1 aliphatic heterocycles. The second-order valence-corrected chi connectivity index (χ2v) is 3.08. The van der Waals surface area contributed by atoms with E-state index in [1.54, 1.807) is 0 Å². The van der Waals surface area contributed by atoms with Crippen molar-refractivity contribution in [1.29, 1.82) is 0 Å². The van der Waals surface area contributed by atoms with Crippen LogP contribution in [0.2, 0.25) is 0 Å². The molecule has 0 saturated carbocycles. The van der Waals surface area contributed by atoms with Gasteiger partial charge in [-0.3, -0.25) is 4.98 Å². The van der Waals surface area contributed by atoms with Gasteiger partial charge in [0.2, 0.25) is 0 Å². The van der Waals surface area contributed by atoms with Gasteiger partial charge in [-0.25, -0.2) is 0 Å². The van der Waals surface area contributed by atoms with Crippen LogP contribution >= 0.6 is 0 Å². The number of allylic oxidation sites excluding steroid dienone is 1. The summed E-state index contributed by atoms with van der Waals surface area (Å²) >= 11 is 0. The summed E-state index contributed by atoms with van der Waals surface area (Å²) in [6, 6.07) is 2.09. The van der Waals surface area contributed by atoms with Crippen LogP contribution in [0.1, 0.15) is 18.1 Å². The summed E-state index contributed by atoms with van der Waals surface area (Å²) in [5, 5.41) is 3.32. The normalized spacial score (nSPS) is 15.6. The molecule has 0 atom stereocenters. The molecule has 2 rings (SSSR count). The van der Waals surface area contributed by atoms with Crippen molar-refractivity contribution in [3.63, 3.8) is 0 Å². The van der Waals surface area contributed by atoms with Gasteiger partial charge >= 0.3 is 0 Å². The lowest BCUT2D eigenvalue weighted by Crippen LogP contribution is -2.12. The van der Waals surface area contributed by atoms with Crippen molar-refractivity contribution >= 4 is 6.08 Å². The maximum Gasteiger partial charge on any atom is 0.0343 e. The Morgan fingerprint density at radius 1 is 1.50 bits per heavy atom. The smallest absolute Gasteiger partial charge is 0.0343 e. The summed E-state index contributed by atoms with van der Waals surface area (Å²) in [6.07, 6.45) is 7.01. The summed E-state index contributed by atoms with van der Waals surface area (Å²) in [5.74, 6) is 0. The van der Waals surface area contributed by atoms with E-state index in [0.717, 1.165) is 13.0 Å². The van der Waals surface area contributed by atoms with Gasteiger partial charge in [-0.15, -0.1) is 0 Å². The first-order valence-corrected chi connectivity index (χ1v) is 4.21. The molecule has 2 nitrogen and oxygen atoms in total. The van der Waals surface area contributed by atoms with Crippen LogP contribution in [-0.4, -0.2) is 11.5 Å². The molecule has 1 aromatic heterocycles. The highest BCUT2D eigenvalue weighted by Crippen LogP contribution is 2.13. The fourth-order valence-corrected chi connectivity index (χ4v) is 1.47. The van der Waals surface area contributed by atoms with Gasteiger partial charge in [0.05, 0.1) is 0 Å². The number of aromatic nitrogens is 1. The molecule has 12 heavy (non-hydrogen) atoms. The van der Waals surface area contributed by atoms with Crippen molar-refractivity contribution in [1.82, 2.24) is 10.3 Å². The molecule has 1 aromatic rings. The van der Waals surface area contributed by atoms with Crippen molar-refractivity contribution < 1.29 is 0 Å². The molecule has 0 aliphatic carbocycles. The zero-order valence-corrected chi connectivity index (χ0v) is 7.17. The molecule has 1 aliphatic rings. The van der Waals surface area contributed by atoms with Crippen molar-refractivity contribution in [2.24, 2.45) is 0 Å². The lowest BCUT2D eigenvalue weighted by atomic mass is 10.1. The largest absolute Gasteiger partial charge is 0.388 e. The fraction of sp³-hybridized carbons (Fsp3) is 0.300. The van der Waals surface area contributed by atoms with E-state index >= 15 is 0 Å². The van der Waals surface area contributed by atoms with E-state index in [1.165, 1.54) is 16.8 Å². The summed E-state index contributed by atoms with van der Waals surface area (Å²) < 4.78 is 0. The third-order valence-electron chi connectivity index (χ3n) is 2.12. The number of pyridine rings is 1. The molecule has 0 bridgehead atoms. The van der Waals surface area contributed by atoms with Crippen LogP contribution in [0.25, 0.3) is 6.08 Å². The van der Waals surface area contributed by atoms with E-state index in [4.69, 9.17) is 0 Å². The molecule has 1 N–H and O–H groups in total. The second-order valence-electron chi connectivity index (χ2n) is 3.08. The maximum atomic E-state index is 4.10. The highest BCUT2D eigenvalue weighted by molar-refractivity contribution is 5.55. The minimum atomic E-state index is 1.03. The Kier molecular flexibility index (Phi) is 1.82. The van der Waals surface area contributed by atoms with E-state index in [2.05, 4.69) is 29.4 Å². The molecule has 62 valence electrons. The maximum absolute atomic E-state index is 4.10. The van der Waals surface area contributed by atoms with E-state index in [-0.39, 0.29) is 0 Å². The first kappa shape index (κ1) is 7.35. The molecule has 2 heteroatoms. The number of nitrogens with zero attached hydrogens (tertiary/aromatic N) is 1. The van der Waals surface area contributed by atoms with Gasteiger partial charge in [0.1, 0.15) is 0 Å². The molecule has 2 heterocycles. The quantitative estimate of drug-likeness (QED) is 0.623. The lowest BCUT2D eigenvalue weighted by molar-refractivity contribution is 0.801. The van der Waals surface area contributed by atoms with Crippen molar-refractivity contribution in [2.45, 2.75) is 13.3 Å². The molecular formula is C10H12N2. The van der Waals surface area contributed by atoms with Crippen molar-refractivity contribution in [2.75, 3.05) is 6.54 Å². The standard InChI is InChI=1S/C10H12N2/c1-8-6-10-7-11-4-2-9(10)3-5-12-8/h2,4,6-7,12H,3,5H2,1H3. The van der Waals surface area contributed by atoms with Crippen LogP contribution in [0.4, 0.5) is 0 Å². The Bertz CT molecular complexity index is 315. The number of fused-ring (bicyclic) bond motifs is 1. The third kappa shape index (κ3) is 1.33. The Morgan fingerprint density at radius 2 is 2.42 bits per heavy atom. The number of rotatable bonds is 0. The van der Waals surface area contributed by atoms with Crippen LogP contribution in [0, 0.1) is 0 Å². The first-order valence-electron chi connectivity index (χ1n) is 4.21. The zero-order chi connectivity index (χ0) is 8.39. The molecule has 0 saturated heterocycles. The van der Waals surface area contributed by atoms with Crippen LogP contribution in [0.3, 0.4) is 0 Å². The van der Waals surface area contributed by atoms with Crippen LogP contribution in [0.5, 0.6) is 0 Å². The zero-order valence-electron chi connectivity index (χ0n) is 7.17. The SMILES string of the molecule is CC1=Cc2cnccc2CCN1. The average molecular weight is 160 g/mol. The van der Waals surface area contributed by atoms with Gasteiger partial charge in [-0.05, 0) is 36.6 Å². The van der Waals surface area contributed by atoms with Crippen LogP contribution in [0.15, 0.2) is 24.2 Å². The predicted molar refractivity (Wildman–Crippen MR) is 49.6 cm³/mol. The monoisotopic (exact) mass is 160 g/mol. The van der Waals surface area contributed by atoms with Crippen LogP contribution < -0.4 is 5.32 Å². The van der Waals surface area contributed by atoms with Gasteiger partial charge in [-0.2, -0.15) is 0 Å². The minimum absolute atomic E-state index is 1.03. The number of nitrogens with one attached hydrogen (secondary N) is 1. The third-order valence-corrected chi connectivity index (χ3v) is 2.12. The van der Waals surface area contributed by atoms with E-state index in [1.807, 2.05) is 12.4 Å². The van der Waals surface area contributed by atoms with E-state index < -0.39 is 0 Å². The summed E-state index contributed by atoms with van der Waals surface area (Å²) in [5.41, 5.74) is 3.86. The van der Waals surface area contributed by atoms with Gasteiger partial charge in [0, 0.05) is 24.6 Å². The lowest BCUT2D eigenvalue weighted by Gasteiger charge is -2.00. The van der Waals surface area contributed by atoms with Gasteiger partial charge in [-0.1, -0.05) is 0 Å². The Balaban J connectivity index is 2.47. The second kappa shape index (κ2) is 2.97. The van der Waals surface area contributed by atoms with Gasteiger partial charge in [0.25, 0.3) is 0 Å². The number of hydrogen-bond acceptors (Lipinski definition) is 2. The Labute approximate surface area is 72.3 Å². The molecular weight excluding hydrogens is 148 g/mol. The molecule has 0 aromatic carbocycles. The topological polar surface area (TPSA) is 24.9 Å². The molecule has 0 spiro atoms. The highest BCUT2D eigenvalue weighted by Gasteiger charge is 2.03. The van der Waals surface area contributed by atoms with Gasteiger partial charge < -0.3 is 5.32 Å². The molecule has 0 unspecified atom stereocenters. The van der Waals surface area contributed by atoms with E-state index in [9.17, 15) is 0 Å². The number of hydrogen-bond donors (Lipinski definition) is 1. The van der Waals surface area contributed by atoms with E-state index in [0.29, 0.717) is 0 Å². The van der Waals surface area contributed by atoms with Crippen molar-refractivity contribution in [3.8, 4) is 0 Å². The minimum Gasteiger partial charge on any atom is -0.388 e. The van der Waals surface area contributed by atoms with Crippen molar-refractivity contribution in [3.05, 3.63) is 35.3 Å².